The summed E-state index contributed by atoms with van der Waals surface area (Å²) in [6.45, 7) is 2.23. The van der Waals surface area contributed by atoms with Crippen LogP contribution in [0.25, 0.3) is 0 Å². The van der Waals surface area contributed by atoms with Crippen molar-refractivity contribution in [2.24, 2.45) is 0 Å². The van der Waals surface area contributed by atoms with Crippen LogP contribution in [0.3, 0.4) is 0 Å². The van der Waals surface area contributed by atoms with Gasteiger partial charge in [0, 0.05) is 22.2 Å². The lowest BCUT2D eigenvalue weighted by molar-refractivity contribution is 0.454. The molecule has 108 valence electrons. The normalized spacial score (nSPS) is 11.8. The minimum atomic E-state index is -0.187. The van der Waals surface area contributed by atoms with Crippen molar-refractivity contribution in [3.8, 4) is 0 Å². The number of hydrogen-bond donors (Lipinski definition) is 0. The van der Waals surface area contributed by atoms with E-state index in [4.69, 9.17) is 34.8 Å². The van der Waals surface area contributed by atoms with E-state index in [0.29, 0.717) is 11.8 Å². The Bertz CT molecular complexity index is 359. The van der Waals surface area contributed by atoms with Crippen molar-refractivity contribution < 1.29 is 0 Å². The van der Waals surface area contributed by atoms with Crippen LogP contribution >= 0.6 is 34.8 Å². The fraction of sp³-hybridized carbons (Fsp3) is 0.625. The van der Waals surface area contributed by atoms with Crippen molar-refractivity contribution in [3.05, 3.63) is 34.9 Å². The molecule has 0 aromatic heterocycles. The summed E-state index contributed by atoms with van der Waals surface area (Å²) in [4.78, 5) is 0. The third-order valence-corrected chi connectivity index (χ3v) is 5.07. The fourth-order valence-electron chi connectivity index (χ4n) is 2.41. The molecule has 0 heterocycles. The molecule has 0 unspecified atom stereocenters. The summed E-state index contributed by atoms with van der Waals surface area (Å²) in [7, 11) is 0. The fourth-order valence-corrected chi connectivity index (χ4v) is 3.58. The Kier molecular flexibility index (Phi) is 8.21. The Morgan fingerprint density at radius 1 is 0.947 bits per heavy atom. The molecule has 0 aliphatic heterocycles. The molecule has 0 aliphatic carbocycles. The van der Waals surface area contributed by atoms with Gasteiger partial charge in [-0.15, -0.1) is 23.2 Å². The zero-order valence-corrected chi connectivity index (χ0v) is 13.9. The monoisotopic (exact) mass is 320 g/mol. The second-order valence-electron chi connectivity index (χ2n) is 5.19. The lowest BCUT2D eigenvalue weighted by Gasteiger charge is -2.31. The van der Waals surface area contributed by atoms with E-state index in [1.165, 1.54) is 25.7 Å². The van der Waals surface area contributed by atoms with Gasteiger partial charge in [0.2, 0.25) is 0 Å². The first-order valence-electron chi connectivity index (χ1n) is 7.07. The molecule has 0 N–H and O–H groups in total. The molecule has 3 heteroatoms. The zero-order chi connectivity index (χ0) is 14.1. The van der Waals surface area contributed by atoms with Crippen molar-refractivity contribution in [2.45, 2.75) is 50.9 Å². The standard InChI is InChI=1S/C16H23Cl3/c1-2-3-4-5-8-11-16(12-17,13-18)14-9-6-7-10-15(14)19/h6-7,9-10H,2-5,8,11-13H2,1H3. The molecular weight excluding hydrogens is 299 g/mol. The molecule has 0 amide bonds. The molecule has 0 bridgehead atoms. The number of alkyl halides is 2. The highest BCUT2D eigenvalue weighted by Gasteiger charge is 2.31. The highest BCUT2D eigenvalue weighted by molar-refractivity contribution is 6.32. The zero-order valence-electron chi connectivity index (χ0n) is 11.6. The summed E-state index contributed by atoms with van der Waals surface area (Å²) in [5.74, 6) is 1.04. The molecule has 0 aliphatic rings. The topological polar surface area (TPSA) is 0 Å². The van der Waals surface area contributed by atoms with Crippen LogP contribution < -0.4 is 0 Å². The van der Waals surface area contributed by atoms with Crippen molar-refractivity contribution in [3.63, 3.8) is 0 Å². The summed E-state index contributed by atoms with van der Waals surface area (Å²) in [5.41, 5.74) is 0.908. The van der Waals surface area contributed by atoms with Gasteiger partial charge in [-0.25, -0.2) is 0 Å². The Labute approximate surface area is 132 Å². The van der Waals surface area contributed by atoms with Crippen molar-refractivity contribution in [1.29, 1.82) is 0 Å². The molecular formula is C16H23Cl3. The molecule has 19 heavy (non-hydrogen) atoms. The maximum Gasteiger partial charge on any atom is 0.0444 e. The summed E-state index contributed by atoms with van der Waals surface area (Å²) < 4.78 is 0. The highest BCUT2D eigenvalue weighted by atomic mass is 35.5. The Hall–Kier alpha value is 0.0900. The third kappa shape index (κ3) is 4.85. The van der Waals surface area contributed by atoms with Gasteiger partial charge in [0.25, 0.3) is 0 Å². The number of unbranched alkanes of at least 4 members (excludes halogenated alkanes) is 4. The van der Waals surface area contributed by atoms with Gasteiger partial charge in [0.05, 0.1) is 0 Å². The van der Waals surface area contributed by atoms with Gasteiger partial charge in [-0.2, -0.15) is 0 Å². The first-order valence-corrected chi connectivity index (χ1v) is 8.52. The molecule has 0 atom stereocenters. The summed E-state index contributed by atoms with van der Waals surface area (Å²) in [6.07, 6.45) is 7.27. The molecule has 1 aromatic rings. The molecule has 0 radical (unpaired) electrons. The maximum absolute atomic E-state index is 6.31. The number of benzene rings is 1. The SMILES string of the molecule is CCCCCCCC(CCl)(CCl)c1ccccc1Cl. The molecule has 0 spiro atoms. The number of hydrogen-bond acceptors (Lipinski definition) is 0. The van der Waals surface area contributed by atoms with Crippen LogP contribution in [0.1, 0.15) is 51.0 Å². The minimum Gasteiger partial charge on any atom is -0.126 e. The summed E-state index contributed by atoms with van der Waals surface area (Å²) in [6, 6.07) is 7.92. The first-order chi connectivity index (χ1) is 9.20. The molecule has 1 aromatic carbocycles. The van der Waals surface area contributed by atoms with E-state index in [1.807, 2.05) is 18.2 Å². The van der Waals surface area contributed by atoms with Crippen LogP contribution in [-0.4, -0.2) is 11.8 Å². The predicted octanol–water partition coefficient (Wildman–Crippen LogP) is 6.42. The van der Waals surface area contributed by atoms with E-state index in [-0.39, 0.29) is 5.41 Å². The molecule has 0 saturated heterocycles. The number of rotatable bonds is 9. The van der Waals surface area contributed by atoms with E-state index >= 15 is 0 Å². The van der Waals surface area contributed by atoms with Gasteiger partial charge < -0.3 is 0 Å². The lowest BCUT2D eigenvalue weighted by atomic mass is 9.79. The van der Waals surface area contributed by atoms with Gasteiger partial charge in [-0.3, -0.25) is 0 Å². The Morgan fingerprint density at radius 3 is 2.16 bits per heavy atom. The largest absolute Gasteiger partial charge is 0.126 e. The molecule has 0 nitrogen and oxygen atoms in total. The van der Waals surface area contributed by atoms with Crippen LogP contribution in [0, 0.1) is 0 Å². The Balaban J connectivity index is 2.71. The minimum absolute atomic E-state index is 0.187. The first kappa shape index (κ1) is 17.1. The van der Waals surface area contributed by atoms with E-state index in [2.05, 4.69) is 13.0 Å². The highest BCUT2D eigenvalue weighted by Crippen LogP contribution is 2.37. The van der Waals surface area contributed by atoms with Gasteiger partial charge in [-0.05, 0) is 18.1 Å². The van der Waals surface area contributed by atoms with Crippen LogP contribution in [0.4, 0.5) is 0 Å². The van der Waals surface area contributed by atoms with E-state index in [0.717, 1.165) is 23.4 Å². The van der Waals surface area contributed by atoms with E-state index in [1.54, 1.807) is 0 Å². The van der Waals surface area contributed by atoms with Crippen molar-refractivity contribution in [2.75, 3.05) is 11.8 Å². The second-order valence-corrected chi connectivity index (χ2v) is 6.13. The van der Waals surface area contributed by atoms with E-state index < -0.39 is 0 Å². The van der Waals surface area contributed by atoms with Crippen LogP contribution in [0.5, 0.6) is 0 Å². The van der Waals surface area contributed by atoms with Crippen molar-refractivity contribution in [1.82, 2.24) is 0 Å². The van der Waals surface area contributed by atoms with Gasteiger partial charge >= 0.3 is 0 Å². The smallest absolute Gasteiger partial charge is 0.0444 e. The molecule has 0 saturated carbocycles. The predicted molar refractivity (Wildman–Crippen MR) is 87.9 cm³/mol. The number of halogens is 3. The molecule has 0 fully saturated rings. The third-order valence-electron chi connectivity index (χ3n) is 3.72. The van der Waals surface area contributed by atoms with Gasteiger partial charge in [0.15, 0.2) is 0 Å². The van der Waals surface area contributed by atoms with Crippen LogP contribution in [-0.2, 0) is 5.41 Å². The van der Waals surface area contributed by atoms with Crippen molar-refractivity contribution >= 4 is 34.8 Å². The van der Waals surface area contributed by atoms with Crippen LogP contribution in [0.2, 0.25) is 5.02 Å². The Morgan fingerprint density at radius 2 is 1.58 bits per heavy atom. The van der Waals surface area contributed by atoms with Gasteiger partial charge in [0.1, 0.15) is 0 Å². The average molecular weight is 322 g/mol. The lowest BCUT2D eigenvalue weighted by Crippen LogP contribution is -2.31. The summed E-state index contributed by atoms with van der Waals surface area (Å²) >= 11 is 18.8. The maximum atomic E-state index is 6.31. The average Bonchev–Trinajstić information content (AvgIpc) is 2.44. The van der Waals surface area contributed by atoms with E-state index in [9.17, 15) is 0 Å². The van der Waals surface area contributed by atoms with Gasteiger partial charge in [-0.1, -0.05) is 68.8 Å². The summed E-state index contributed by atoms with van der Waals surface area (Å²) in [5, 5.41) is 0.775. The van der Waals surface area contributed by atoms with Crippen LogP contribution in [0.15, 0.2) is 24.3 Å². The molecule has 1 rings (SSSR count). The second kappa shape index (κ2) is 9.10. The quantitative estimate of drug-likeness (QED) is 0.364.